The van der Waals surface area contributed by atoms with E-state index in [-0.39, 0.29) is 5.91 Å². The van der Waals surface area contributed by atoms with Crippen molar-refractivity contribution in [3.05, 3.63) is 34.9 Å². The fourth-order valence-electron chi connectivity index (χ4n) is 3.16. The third-order valence-corrected chi connectivity index (χ3v) is 4.23. The highest BCUT2D eigenvalue weighted by atomic mass is 16.1. The van der Waals surface area contributed by atoms with Crippen molar-refractivity contribution in [2.24, 2.45) is 0 Å². The molecule has 3 nitrogen and oxygen atoms in total. The van der Waals surface area contributed by atoms with Crippen molar-refractivity contribution in [1.82, 2.24) is 10.6 Å². The summed E-state index contributed by atoms with van der Waals surface area (Å²) in [5.74, 6) is 0.0757. The van der Waals surface area contributed by atoms with Crippen LogP contribution in [0.1, 0.15) is 60.5 Å². The van der Waals surface area contributed by atoms with Crippen LogP contribution in [0, 0.1) is 13.8 Å². The van der Waals surface area contributed by atoms with Gasteiger partial charge in [0.2, 0.25) is 0 Å². The average molecular weight is 288 g/mol. The Morgan fingerprint density at radius 2 is 1.62 bits per heavy atom. The van der Waals surface area contributed by atoms with Crippen LogP contribution >= 0.6 is 0 Å². The molecule has 1 aliphatic rings. The zero-order chi connectivity index (χ0) is 15.2. The van der Waals surface area contributed by atoms with Crippen molar-refractivity contribution < 1.29 is 4.79 Å². The van der Waals surface area contributed by atoms with Gasteiger partial charge >= 0.3 is 0 Å². The van der Waals surface area contributed by atoms with E-state index in [1.54, 1.807) is 0 Å². The number of carbonyl (C=O) groups excluding carboxylic acids is 1. The first-order valence-corrected chi connectivity index (χ1v) is 8.21. The summed E-state index contributed by atoms with van der Waals surface area (Å²) in [7, 11) is 0. The summed E-state index contributed by atoms with van der Waals surface area (Å²) in [6, 6.07) is 7.01. The number of benzene rings is 1. The Balaban J connectivity index is 1.84. The van der Waals surface area contributed by atoms with Gasteiger partial charge in [0.1, 0.15) is 0 Å². The molecule has 0 bridgehead atoms. The molecular formula is C18H28N2O. The highest BCUT2D eigenvalue weighted by molar-refractivity contribution is 5.94. The first kappa shape index (κ1) is 16.0. The lowest BCUT2D eigenvalue weighted by Gasteiger charge is -2.29. The van der Waals surface area contributed by atoms with Crippen LogP contribution in [0.25, 0.3) is 0 Å². The first-order valence-electron chi connectivity index (χ1n) is 8.21. The van der Waals surface area contributed by atoms with E-state index in [1.807, 2.05) is 26.0 Å². The van der Waals surface area contributed by atoms with Crippen LogP contribution in [0.5, 0.6) is 0 Å². The Kier molecular flexibility index (Phi) is 5.80. The molecule has 0 unspecified atom stereocenters. The fourth-order valence-corrected chi connectivity index (χ4v) is 3.16. The second-order valence-corrected chi connectivity index (χ2v) is 6.35. The summed E-state index contributed by atoms with van der Waals surface area (Å²) < 4.78 is 0. The summed E-state index contributed by atoms with van der Waals surface area (Å²) in [4.78, 5) is 12.3. The van der Waals surface area contributed by atoms with Crippen molar-refractivity contribution in [3.8, 4) is 0 Å². The second kappa shape index (κ2) is 7.60. The molecule has 1 fully saturated rings. The van der Waals surface area contributed by atoms with Gasteiger partial charge in [0.05, 0.1) is 0 Å². The minimum absolute atomic E-state index is 0.0757. The fraction of sp³-hybridized carbons (Fsp3) is 0.611. The van der Waals surface area contributed by atoms with Gasteiger partial charge < -0.3 is 10.6 Å². The summed E-state index contributed by atoms with van der Waals surface area (Å²) in [5, 5.41) is 6.78. The van der Waals surface area contributed by atoms with Crippen LogP contribution in [0.4, 0.5) is 0 Å². The Labute approximate surface area is 128 Å². The highest BCUT2D eigenvalue weighted by Crippen LogP contribution is 2.19. The van der Waals surface area contributed by atoms with E-state index in [0.717, 1.165) is 48.9 Å². The Bertz CT molecular complexity index is 456. The summed E-state index contributed by atoms with van der Waals surface area (Å²) in [6.07, 6.45) is 5.68. The van der Waals surface area contributed by atoms with Crippen LogP contribution in [0.15, 0.2) is 18.2 Å². The molecule has 0 aliphatic heterocycles. The molecule has 0 spiro atoms. The van der Waals surface area contributed by atoms with Gasteiger partial charge in [0.25, 0.3) is 5.91 Å². The van der Waals surface area contributed by atoms with E-state index in [0.29, 0.717) is 12.1 Å². The van der Waals surface area contributed by atoms with E-state index in [9.17, 15) is 4.79 Å². The van der Waals surface area contributed by atoms with Crippen LogP contribution in [0.2, 0.25) is 0 Å². The average Bonchev–Trinajstić information content (AvgIpc) is 2.45. The number of hydrogen-bond acceptors (Lipinski definition) is 2. The number of nitrogens with one attached hydrogen (secondary N) is 2. The number of aryl methyl sites for hydroxylation is 2. The zero-order valence-electron chi connectivity index (χ0n) is 13.5. The monoisotopic (exact) mass is 288 g/mol. The second-order valence-electron chi connectivity index (χ2n) is 6.35. The van der Waals surface area contributed by atoms with E-state index >= 15 is 0 Å². The van der Waals surface area contributed by atoms with Crippen LogP contribution in [-0.4, -0.2) is 24.5 Å². The molecule has 0 aromatic heterocycles. The normalized spacial score (nSPS) is 22.0. The molecule has 1 aromatic rings. The van der Waals surface area contributed by atoms with Crippen LogP contribution < -0.4 is 10.6 Å². The van der Waals surface area contributed by atoms with E-state index in [1.165, 1.54) is 6.42 Å². The number of hydrogen-bond donors (Lipinski definition) is 2. The maximum Gasteiger partial charge on any atom is 0.251 e. The smallest absolute Gasteiger partial charge is 0.251 e. The molecule has 0 radical (unpaired) electrons. The Morgan fingerprint density at radius 3 is 2.19 bits per heavy atom. The molecule has 1 aliphatic carbocycles. The van der Waals surface area contributed by atoms with Gasteiger partial charge in [0, 0.05) is 17.6 Å². The molecule has 2 N–H and O–H groups in total. The molecule has 1 aromatic carbocycles. The van der Waals surface area contributed by atoms with Crippen molar-refractivity contribution in [1.29, 1.82) is 0 Å². The molecule has 0 heterocycles. The van der Waals surface area contributed by atoms with Gasteiger partial charge in [0.15, 0.2) is 0 Å². The summed E-state index contributed by atoms with van der Waals surface area (Å²) >= 11 is 0. The van der Waals surface area contributed by atoms with E-state index in [4.69, 9.17) is 0 Å². The van der Waals surface area contributed by atoms with Gasteiger partial charge in [-0.05, 0) is 64.6 Å². The Hall–Kier alpha value is -1.35. The van der Waals surface area contributed by atoms with E-state index < -0.39 is 0 Å². The van der Waals surface area contributed by atoms with Crippen molar-refractivity contribution in [3.63, 3.8) is 0 Å². The molecule has 1 saturated carbocycles. The quantitative estimate of drug-likeness (QED) is 0.872. The predicted octanol–water partition coefficient (Wildman–Crippen LogP) is 3.34. The number of amides is 1. The molecule has 1 amide bonds. The lowest BCUT2D eigenvalue weighted by molar-refractivity contribution is 0.0924. The first-order chi connectivity index (χ1) is 10.1. The minimum atomic E-state index is 0.0757. The standard InChI is InChI=1S/C18H28N2O/c1-4-9-19-16-5-7-17(8-6-16)20-18(21)15-11-13(2)10-14(3)12-15/h10-12,16-17,19H,4-9H2,1-3H3,(H,20,21). The van der Waals surface area contributed by atoms with Crippen molar-refractivity contribution in [2.45, 2.75) is 65.0 Å². The SMILES string of the molecule is CCCNC1CCC(NC(=O)c2cc(C)cc(C)c2)CC1. The third kappa shape index (κ3) is 4.85. The number of rotatable bonds is 5. The Morgan fingerprint density at radius 1 is 1.05 bits per heavy atom. The summed E-state index contributed by atoms with van der Waals surface area (Å²) in [6.45, 7) is 7.37. The van der Waals surface area contributed by atoms with Crippen LogP contribution in [-0.2, 0) is 0 Å². The summed E-state index contributed by atoms with van der Waals surface area (Å²) in [5.41, 5.74) is 3.08. The van der Waals surface area contributed by atoms with E-state index in [2.05, 4.69) is 23.6 Å². The lowest BCUT2D eigenvalue weighted by atomic mass is 9.91. The molecule has 2 rings (SSSR count). The maximum atomic E-state index is 12.3. The zero-order valence-corrected chi connectivity index (χ0v) is 13.5. The molecule has 0 atom stereocenters. The number of carbonyl (C=O) groups is 1. The van der Waals surface area contributed by atoms with Gasteiger partial charge in [-0.1, -0.05) is 24.1 Å². The predicted molar refractivity (Wildman–Crippen MR) is 87.7 cm³/mol. The maximum absolute atomic E-state index is 12.3. The van der Waals surface area contributed by atoms with Gasteiger partial charge in [-0.15, -0.1) is 0 Å². The largest absolute Gasteiger partial charge is 0.349 e. The van der Waals surface area contributed by atoms with Gasteiger partial charge in [-0.2, -0.15) is 0 Å². The molecular weight excluding hydrogens is 260 g/mol. The highest BCUT2D eigenvalue weighted by Gasteiger charge is 2.22. The van der Waals surface area contributed by atoms with Gasteiger partial charge in [-0.3, -0.25) is 4.79 Å². The molecule has 21 heavy (non-hydrogen) atoms. The van der Waals surface area contributed by atoms with Gasteiger partial charge in [-0.25, -0.2) is 0 Å². The molecule has 3 heteroatoms. The lowest BCUT2D eigenvalue weighted by Crippen LogP contribution is -2.42. The molecule has 116 valence electrons. The third-order valence-electron chi connectivity index (χ3n) is 4.23. The van der Waals surface area contributed by atoms with Crippen molar-refractivity contribution in [2.75, 3.05) is 6.54 Å². The molecule has 0 saturated heterocycles. The van der Waals surface area contributed by atoms with Crippen molar-refractivity contribution >= 4 is 5.91 Å². The minimum Gasteiger partial charge on any atom is -0.349 e. The topological polar surface area (TPSA) is 41.1 Å². The van der Waals surface area contributed by atoms with Crippen LogP contribution in [0.3, 0.4) is 0 Å².